The summed E-state index contributed by atoms with van der Waals surface area (Å²) in [5.74, 6) is 1.20. The lowest BCUT2D eigenvalue weighted by Crippen LogP contribution is -2.48. The summed E-state index contributed by atoms with van der Waals surface area (Å²) < 4.78 is 19.2. The van der Waals surface area contributed by atoms with Crippen LogP contribution in [0, 0.1) is 5.82 Å². The molecule has 5 rings (SSSR count). The number of fused-ring (bicyclic) bond motifs is 1. The minimum atomic E-state index is -0.356. The minimum absolute atomic E-state index is 0.0857. The number of piperazine rings is 1. The lowest BCUT2D eigenvalue weighted by molar-refractivity contribution is -0.129. The Morgan fingerprint density at radius 1 is 1.00 bits per heavy atom. The molecule has 0 bridgehead atoms. The molecule has 4 aromatic rings. The number of hydrogen-bond acceptors (Lipinski definition) is 6. The summed E-state index contributed by atoms with van der Waals surface area (Å²) in [6.45, 7) is 4.30. The molecule has 1 fully saturated rings. The zero-order valence-electron chi connectivity index (χ0n) is 17.0. The lowest BCUT2D eigenvalue weighted by Gasteiger charge is -2.35. The van der Waals surface area contributed by atoms with Gasteiger partial charge in [-0.25, -0.2) is 9.37 Å². The Kier molecular flexibility index (Phi) is 4.82. The first-order valence-corrected chi connectivity index (χ1v) is 10.1. The normalized spacial score (nSPS) is 14.3. The average molecular weight is 417 g/mol. The highest BCUT2D eigenvalue weighted by Crippen LogP contribution is 2.32. The lowest BCUT2D eigenvalue weighted by atomic mass is 10.1. The highest BCUT2D eigenvalue weighted by molar-refractivity contribution is 5.94. The quantitative estimate of drug-likeness (QED) is 0.505. The van der Waals surface area contributed by atoms with Crippen LogP contribution >= 0.6 is 0 Å². The van der Waals surface area contributed by atoms with Gasteiger partial charge in [0.15, 0.2) is 0 Å². The van der Waals surface area contributed by atoms with Crippen LogP contribution in [0.3, 0.4) is 0 Å². The molecule has 1 aliphatic rings. The molecule has 2 aromatic carbocycles. The van der Waals surface area contributed by atoms with Crippen LogP contribution in [-0.4, -0.2) is 52.1 Å². The summed E-state index contributed by atoms with van der Waals surface area (Å²) in [6, 6.07) is 15.8. The van der Waals surface area contributed by atoms with Crippen LogP contribution in [0.25, 0.3) is 33.7 Å². The molecule has 0 spiro atoms. The van der Waals surface area contributed by atoms with Gasteiger partial charge in [0, 0.05) is 44.1 Å². The fraction of sp³-hybridized carbons (Fsp3) is 0.217. The molecular weight excluding hydrogens is 397 g/mol. The van der Waals surface area contributed by atoms with E-state index in [9.17, 15) is 9.18 Å². The van der Waals surface area contributed by atoms with E-state index in [-0.39, 0.29) is 11.7 Å². The predicted octanol–water partition coefficient (Wildman–Crippen LogP) is 3.76. The van der Waals surface area contributed by atoms with Crippen molar-refractivity contribution in [3.8, 4) is 22.8 Å². The molecule has 7 nitrogen and oxygen atoms in total. The van der Waals surface area contributed by atoms with Crippen molar-refractivity contribution in [2.45, 2.75) is 6.92 Å². The molecule has 156 valence electrons. The van der Waals surface area contributed by atoms with Gasteiger partial charge in [-0.1, -0.05) is 35.5 Å². The molecule has 0 unspecified atom stereocenters. The smallest absolute Gasteiger partial charge is 0.259 e. The Morgan fingerprint density at radius 2 is 1.81 bits per heavy atom. The summed E-state index contributed by atoms with van der Waals surface area (Å²) in [7, 11) is 0. The number of pyridine rings is 1. The maximum atomic E-state index is 13.6. The van der Waals surface area contributed by atoms with Crippen molar-refractivity contribution in [2.24, 2.45) is 0 Å². The Morgan fingerprint density at radius 3 is 2.58 bits per heavy atom. The zero-order chi connectivity index (χ0) is 21.4. The molecule has 8 heteroatoms. The van der Waals surface area contributed by atoms with Gasteiger partial charge in [-0.2, -0.15) is 4.98 Å². The SMILES string of the molecule is CC(=O)N1CCN(c2cc(-c3nc(-c4cccc(F)c4)no3)c3ccccc3n2)CC1. The molecule has 0 saturated carbocycles. The topological polar surface area (TPSA) is 75.4 Å². The van der Waals surface area contributed by atoms with Gasteiger partial charge < -0.3 is 14.3 Å². The maximum absolute atomic E-state index is 13.6. The van der Waals surface area contributed by atoms with Crippen molar-refractivity contribution >= 4 is 22.6 Å². The van der Waals surface area contributed by atoms with Crippen molar-refractivity contribution in [3.05, 3.63) is 60.4 Å². The summed E-state index contributed by atoms with van der Waals surface area (Å²) in [5.41, 5.74) is 2.13. The molecule has 1 amide bonds. The van der Waals surface area contributed by atoms with Gasteiger partial charge in [-0.05, 0) is 24.3 Å². The van der Waals surface area contributed by atoms with Crippen molar-refractivity contribution in [1.29, 1.82) is 0 Å². The molecule has 1 saturated heterocycles. The van der Waals surface area contributed by atoms with Gasteiger partial charge in [-0.3, -0.25) is 4.79 Å². The molecule has 0 radical (unpaired) electrons. The Hall–Kier alpha value is -3.81. The molecule has 3 heterocycles. The third-order valence-corrected chi connectivity index (χ3v) is 5.49. The van der Waals surface area contributed by atoms with Gasteiger partial charge >= 0.3 is 0 Å². The largest absolute Gasteiger partial charge is 0.353 e. The second-order valence-corrected chi connectivity index (χ2v) is 7.47. The van der Waals surface area contributed by atoms with E-state index in [1.54, 1.807) is 19.1 Å². The van der Waals surface area contributed by atoms with Crippen LogP contribution in [0.1, 0.15) is 6.92 Å². The number of benzene rings is 2. The van der Waals surface area contributed by atoms with Gasteiger partial charge in [0.2, 0.25) is 11.7 Å². The van der Waals surface area contributed by atoms with Crippen LogP contribution in [0.2, 0.25) is 0 Å². The highest BCUT2D eigenvalue weighted by atomic mass is 19.1. The van der Waals surface area contributed by atoms with Crippen LogP contribution in [-0.2, 0) is 4.79 Å². The second-order valence-electron chi connectivity index (χ2n) is 7.47. The van der Waals surface area contributed by atoms with E-state index in [2.05, 4.69) is 15.0 Å². The first kappa shape index (κ1) is 19.2. The number of rotatable bonds is 3. The Labute approximate surface area is 178 Å². The third kappa shape index (κ3) is 3.72. The standard InChI is InChI=1S/C23H20FN5O2/c1-15(30)28-9-11-29(12-10-28)21-14-19(18-7-2-3-8-20(18)25-21)23-26-22(27-31-23)16-5-4-6-17(24)13-16/h2-8,13-14H,9-12H2,1H3. The highest BCUT2D eigenvalue weighted by Gasteiger charge is 2.22. The van der Waals surface area contributed by atoms with Crippen LogP contribution < -0.4 is 4.90 Å². The Bertz CT molecular complexity index is 1260. The van der Waals surface area contributed by atoms with Crippen molar-refractivity contribution < 1.29 is 13.7 Å². The van der Waals surface area contributed by atoms with Crippen LogP contribution in [0.5, 0.6) is 0 Å². The van der Waals surface area contributed by atoms with Crippen molar-refractivity contribution in [1.82, 2.24) is 20.0 Å². The van der Waals surface area contributed by atoms with Crippen molar-refractivity contribution in [2.75, 3.05) is 31.1 Å². The summed E-state index contributed by atoms with van der Waals surface area (Å²) in [6.07, 6.45) is 0. The van der Waals surface area contributed by atoms with Crippen LogP contribution in [0.15, 0.2) is 59.1 Å². The third-order valence-electron chi connectivity index (χ3n) is 5.49. The molecule has 0 aliphatic carbocycles. The van der Waals surface area contributed by atoms with E-state index in [0.717, 1.165) is 22.3 Å². The minimum Gasteiger partial charge on any atom is -0.353 e. The van der Waals surface area contributed by atoms with E-state index in [1.165, 1.54) is 12.1 Å². The number of carbonyl (C=O) groups excluding carboxylic acids is 1. The number of hydrogen-bond donors (Lipinski definition) is 0. The number of halogens is 1. The van der Waals surface area contributed by atoms with Gasteiger partial charge in [0.25, 0.3) is 5.89 Å². The second kappa shape index (κ2) is 7.79. The summed E-state index contributed by atoms with van der Waals surface area (Å²) in [5, 5.41) is 4.94. The number of aromatic nitrogens is 3. The fourth-order valence-electron chi connectivity index (χ4n) is 3.83. The number of nitrogens with zero attached hydrogens (tertiary/aromatic N) is 5. The van der Waals surface area contributed by atoms with E-state index < -0.39 is 0 Å². The predicted molar refractivity (Wildman–Crippen MR) is 115 cm³/mol. The number of carbonyl (C=O) groups is 1. The molecule has 0 atom stereocenters. The summed E-state index contributed by atoms with van der Waals surface area (Å²) in [4.78, 5) is 25.0. The van der Waals surface area contributed by atoms with Crippen molar-refractivity contribution in [3.63, 3.8) is 0 Å². The number of anilines is 1. The molecule has 31 heavy (non-hydrogen) atoms. The van der Waals surface area contributed by atoms with E-state index >= 15 is 0 Å². The first-order valence-electron chi connectivity index (χ1n) is 10.1. The zero-order valence-corrected chi connectivity index (χ0v) is 17.0. The summed E-state index contributed by atoms with van der Waals surface area (Å²) >= 11 is 0. The molecule has 0 N–H and O–H groups in total. The van der Waals surface area contributed by atoms with E-state index in [4.69, 9.17) is 9.51 Å². The molecule has 2 aromatic heterocycles. The van der Waals surface area contributed by atoms with E-state index in [0.29, 0.717) is 43.5 Å². The molecular formula is C23H20FN5O2. The average Bonchev–Trinajstić information content (AvgIpc) is 3.28. The van der Waals surface area contributed by atoms with Gasteiger partial charge in [-0.15, -0.1) is 0 Å². The number of para-hydroxylation sites is 1. The van der Waals surface area contributed by atoms with Gasteiger partial charge in [0.1, 0.15) is 11.6 Å². The van der Waals surface area contributed by atoms with E-state index in [1.807, 2.05) is 35.2 Å². The molecule has 1 aliphatic heterocycles. The monoisotopic (exact) mass is 417 g/mol. The van der Waals surface area contributed by atoms with Crippen LogP contribution in [0.4, 0.5) is 10.2 Å². The van der Waals surface area contributed by atoms with Gasteiger partial charge in [0.05, 0.1) is 11.1 Å². The first-order chi connectivity index (χ1) is 15.1. The Balaban J connectivity index is 1.54. The number of amides is 1. The fourth-order valence-corrected chi connectivity index (χ4v) is 3.83. The maximum Gasteiger partial charge on any atom is 0.259 e.